The number of benzene rings is 1. The quantitative estimate of drug-likeness (QED) is 0.778. The van der Waals surface area contributed by atoms with E-state index in [1.54, 1.807) is 11.9 Å². The van der Waals surface area contributed by atoms with Crippen LogP contribution in [0.15, 0.2) is 28.1 Å². The van der Waals surface area contributed by atoms with E-state index in [4.69, 9.17) is 16.6 Å². The summed E-state index contributed by atoms with van der Waals surface area (Å²) < 4.78 is 3.27. The zero-order valence-electron chi connectivity index (χ0n) is 11.7. The van der Waals surface area contributed by atoms with Crippen molar-refractivity contribution in [3.8, 4) is 0 Å². The minimum atomic E-state index is 0.375. The first-order valence-corrected chi connectivity index (χ1v) is 8.49. The molecule has 0 spiro atoms. The summed E-state index contributed by atoms with van der Waals surface area (Å²) in [6, 6.07) is 6.25. The fourth-order valence-corrected chi connectivity index (χ4v) is 3.89. The van der Waals surface area contributed by atoms with E-state index in [0.29, 0.717) is 6.04 Å². The molecule has 2 N–H and O–H groups in total. The van der Waals surface area contributed by atoms with Gasteiger partial charge < -0.3 is 5.32 Å². The van der Waals surface area contributed by atoms with Gasteiger partial charge in [0, 0.05) is 5.02 Å². The van der Waals surface area contributed by atoms with Crippen LogP contribution in [0.5, 0.6) is 0 Å². The maximum atomic E-state index is 6.00. The van der Waals surface area contributed by atoms with Crippen LogP contribution in [0.3, 0.4) is 0 Å². The Balaban J connectivity index is 1.69. The monoisotopic (exact) mass is 309 g/mol. The number of anilines is 1. The standard InChI is InChI=1S/C15H20ClN3S/c1-10(11-5-3-2-4-6-11)17-15-18-13-8-7-12(16)9-14(13)20-19-15/h7-11H,2-6H2,1H3,(H2,17,18,19)/t10-/m0/s1. The Bertz CT molecular complexity index is 512. The summed E-state index contributed by atoms with van der Waals surface area (Å²) in [5.41, 5.74) is 1.08. The Morgan fingerprint density at radius 1 is 1.30 bits per heavy atom. The lowest BCUT2D eigenvalue weighted by molar-refractivity contribution is 0.317. The Hall–Kier alpha value is -0.870. The molecule has 1 aromatic carbocycles. The maximum absolute atomic E-state index is 6.00. The van der Waals surface area contributed by atoms with Crippen molar-refractivity contribution in [3.63, 3.8) is 0 Å². The highest BCUT2D eigenvalue weighted by Crippen LogP contribution is 2.32. The number of hydrogen-bond donors (Lipinski definition) is 2. The lowest BCUT2D eigenvalue weighted by Gasteiger charge is -2.27. The van der Waals surface area contributed by atoms with Crippen molar-refractivity contribution >= 4 is 35.2 Å². The molecule has 108 valence electrons. The van der Waals surface area contributed by atoms with Crippen molar-refractivity contribution in [2.24, 2.45) is 10.9 Å². The first-order chi connectivity index (χ1) is 9.72. The van der Waals surface area contributed by atoms with Gasteiger partial charge in [-0.25, -0.2) is 4.99 Å². The molecule has 0 bridgehead atoms. The molecule has 1 aliphatic carbocycles. The molecule has 1 aliphatic heterocycles. The molecule has 1 fully saturated rings. The maximum Gasteiger partial charge on any atom is 0.206 e. The summed E-state index contributed by atoms with van der Waals surface area (Å²) in [7, 11) is 0. The molecule has 1 aromatic rings. The van der Waals surface area contributed by atoms with Crippen LogP contribution in [0.1, 0.15) is 39.0 Å². The predicted molar refractivity (Wildman–Crippen MR) is 87.5 cm³/mol. The van der Waals surface area contributed by atoms with Crippen LogP contribution in [0, 0.1) is 5.92 Å². The molecule has 0 aromatic heterocycles. The third-order valence-corrected chi connectivity index (χ3v) is 5.21. The van der Waals surface area contributed by atoms with Gasteiger partial charge in [0.25, 0.3) is 0 Å². The normalized spacial score (nSPS) is 22.8. The summed E-state index contributed by atoms with van der Waals surface area (Å²) >= 11 is 7.57. The number of nitrogens with zero attached hydrogens (tertiary/aromatic N) is 1. The van der Waals surface area contributed by atoms with Crippen LogP contribution in [-0.4, -0.2) is 12.0 Å². The van der Waals surface area contributed by atoms with Gasteiger partial charge >= 0.3 is 0 Å². The number of rotatable bonds is 2. The van der Waals surface area contributed by atoms with Gasteiger partial charge in [-0.15, -0.1) is 0 Å². The highest BCUT2D eigenvalue weighted by atomic mass is 35.5. The largest absolute Gasteiger partial charge is 0.325 e. The average molecular weight is 310 g/mol. The summed E-state index contributed by atoms with van der Waals surface area (Å²) in [4.78, 5) is 5.93. The number of aliphatic imine (C=N–C) groups is 1. The second-order valence-corrected chi connectivity index (χ2v) is 6.87. The lowest BCUT2D eigenvalue weighted by atomic mass is 9.85. The van der Waals surface area contributed by atoms with E-state index >= 15 is 0 Å². The third-order valence-electron chi connectivity index (χ3n) is 4.12. The van der Waals surface area contributed by atoms with E-state index in [1.807, 2.05) is 18.2 Å². The average Bonchev–Trinajstić information content (AvgIpc) is 2.48. The molecule has 5 heteroatoms. The number of guanidine groups is 1. The van der Waals surface area contributed by atoms with Crippen molar-refractivity contribution < 1.29 is 0 Å². The first kappa shape index (κ1) is 14.1. The zero-order valence-corrected chi connectivity index (χ0v) is 13.2. The van der Waals surface area contributed by atoms with E-state index in [9.17, 15) is 0 Å². The Kier molecular flexibility index (Phi) is 4.41. The molecule has 2 aliphatic rings. The Labute approximate surface area is 129 Å². The van der Waals surface area contributed by atoms with Crippen molar-refractivity contribution in [2.45, 2.75) is 50.0 Å². The van der Waals surface area contributed by atoms with Crippen LogP contribution in [0.2, 0.25) is 5.02 Å². The minimum Gasteiger partial charge on any atom is -0.325 e. The van der Waals surface area contributed by atoms with Gasteiger partial charge in [-0.1, -0.05) is 30.9 Å². The van der Waals surface area contributed by atoms with Crippen LogP contribution in [0.4, 0.5) is 5.69 Å². The van der Waals surface area contributed by atoms with Crippen LogP contribution in [0.25, 0.3) is 0 Å². The van der Waals surface area contributed by atoms with Crippen LogP contribution >= 0.6 is 23.5 Å². The van der Waals surface area contributed by atoms with Gasteiger partial charge in [0.2, 0.25) is 5.96 Å². The first-order valence-electron chi connectivity index (χ1n) is 7.29. The minimum absolute atomic E-state index is 0.375. The van der Waals surface area contributed by atoms with Gasteiger partial charge in [0.1, 0.15) is 0 Å². The van der Waals surface area contributed by atoms with Gasteiger partial charge in [-0.2, -0.15) is 0 Å². The highest BCUT2D eigenvalue weighted by molar-refractivity contribution is 7.98. The smallest absolute Gasteiger partial charge is 0.206 e. The number of fused-ring (bicyclic) bond motifs is 1. The summed E-state index contributed by atoms with van der Waals surface area (Å²) in [5, 5.41) is 4.11. The fraction of sp³-hybridized carbons (Fsp3) is 0.533. The van der Waals surface area contributed by atoms with Crippen molar-refractivity contribution in [2.75, 3.05) is 5.32 Å². The molecular weight excluding hydrogens is 290 g/mol. The summed E-state index contributed by atoms with van der Waals surface area (Å²) in [6.45, 7) is 2.23. The second-order valence-electron chi connectivity index (χ2n) is 5.59. The van der Waals surface area contributed by atoms with E-state index < -0.39 is 0 Å². The molecule has 1 atom stereocenters. The molecule has 0 saturated heterocycles. The molecule has 0 unspecified atom stereocenters. The summed E-state index contributed by atoms with van der Waals surface area (Å²) in [6.07, 6.45) is 6.74. The molecular formula is C15H20ClN3S. The number of hydrogen-bond acceptors (Lipinski definition) is 2. The van der Waals surface area contributed by atoms with Crippen LogP contribution < -0.4 is 10.0 Å². The third kappa shape index (κ3) is 3.23. The lowest BCUT2D eigenvalue weighted by Crippen LogP contribution is -2.32. The van der Waals surface area contributed by atoms with Gasteiger partial charge in [0.05, 0.1) is 16.6 Å². The van der Waals surface area contributed by atoms with E-state index in [-0.39, 0.29) is 0 Å². The van der Waals surface area contributed by atoms with E-state index in [2.05, 4.69) is 17.0 Å². The number of halogens is 1. The number of nitrogens with one attached hydrogen (secondary N) is 2. The second kappa shape index (κ2) is 6.27. The fourth-order valence-electron chi connectivity index (χ4n) is 2.92. The molecule has 0 amide bonds. The van der Waals surface area contributed by atoms with Gasteiger partial charge in [-0.3, -0.25) is 4.72 Å². The topological polar surface area (TPSA) is 36.4 Å². The van der Waals surface area contributed by atoms with Crippen molar-refractivity contribution in [1.29, 1.82) is 0 Å². The van der Waals surface area contributed by atoms with Gasteiger partial charge in [0.15, 0.2) is 0 Å². The van der Waals surface area contributed by atoms with Crippen LogP contribution in [-0.2, 0) is 0 Å². The predicted octanol–water partition coefficient (Wildman–Crippen LogP) is 4.69. The van der Waals surface area contributed by atoms with E-state index in [0.717, 1.165) is 27.5 Å². The molecule has 1 saturated carbocycles. The Morgan fingerprint density at radius 2 is 2.10 bits per heavy atom. The molecule has 1 heterocycles. The Morgan fingerprint density at radius 3 is 2.90 bits per heavy atom. The zero-order chi connectivity index (χ0) is 13.9. The van der Waals surface area contributed by atoms with Crippen molar-refractivity contribution in [1.82, 2.24) is 4.72 Å². The SMILES string of the molecule is C[C@H](N=C1NSc2cc(Cl)ccc2N1)C1CCCCC1. The molecule has 3 rings (SSSR count). The van der Waals surface area contributed by atoms with E-state index in [1.165, 1.54) is 32.1 Å². The molecule has 20 heavy (non-hydrogen) atoms. The molecule has 0 radical (unpaired) electrons. The molecule has 3 nitrogen and oxygen atoms in total. The van der Waals surface area contributed by atoms with Crippen molar-refractivity contribution in [3.05, 3.63) is 23.2 Å². The summed E-state index contributed by atoms with van der Waals surface area (Å²) in [5.74, 6) is 1.60. The van der Waals surface area contributed by atoms with Gasteiger partial charge in [-0.05, 0) is 55.8 Å². The highest BCUT2D eigenvalue weighted by Gasteiger charge is 2.21.